The number of hydrogen-bond donors (Lipinski definition) is 2. The number of allylic oxidation sites excluding steroid dienone is 1. The van der Waals surface area contributed by atoms with Crippen LogP contribution in [0, 0.1) is 0 Å². The molecule has 200 valence electrons. The first-order valence-electron chi connectivity index (χ1n) is 13.5. The zero-order valence-corrected chi connectivity index (χ0v) is 22.2. The second-order valence-electron chi connectivity index (χ2n) is 11.2. The molecule has 0 spiro atoms. The van der Waals surface area contributed by atoms with Gasteiger partial charge in [0.1, 0.15) is 11.0 Å². The SMILES string of the molecule is C=CCn1c(=O)c2cnc(Nc3ccc(N4C[C@@H]5C[C@H]4CN5C)cc3)nc2n1-c1ccc2c(n1)[C@](C)(O)CC2. The van der Waals surface area contributed by atoms with Crippen LogP contribution in [0.1, 0.15) is 31.0 Å². The maximum Gasteiger partial charge on any atom is 0.278 e. The molecule has 2 saturated heterocycles. The molecule has 10 nitrogen and oxygen atoms in total. The highest BCUT2D eigenvalue weighted by molar-refractivity contribution is 5.77. The molecule has 10 heteroatoms. The molecule has 4 aromatic rings. The standard InChI is InChI=1S/C29H32N8O2/c1-4-13-36-27(38)23-15-30-28(31-19-6-8-20(9-7-19)35-17-21-14-22(35)16-34(21)3)33-26(23)37(36)24-10-5-18-11-12-29(2,39)25(18)32-24/h4-10,15,21-22,39H,1,11-14,16-17H2,2-3H3,(H,30,31,33)/t21-,22-,29+/m0/s1. The Labute approximate surface area is 226 Å². The van der Waals surface area contributed by atoms with Crippen LogP contribution in [0.25, 0.3) is 16.9 Å². The van der Waals surface area contributed by atoms with Gasteiger partial charge in [-0.2, -0.15) is 4.98 Å². The number of likely N-dealkylation sites (tertiary alicyclic amines) is 1. The Morgan fingerprint density at radius 3 is 2.69 bits per heavy atom. The van der Waals surface area contributed by atoms with E-state index in [2.05, 4.69) is 45.9 Å². The van der Waals surface area contributed by atoms with Crippen molar-refractivity contribution in [3.63, 3.8) is 0 Å². The van der Waals surface area contributed by atoms with Crippen molar-refractivity contribution in [3.05, 3.63) is 76.9 Å². The van der Waals surface area contributed by atoms with Gasteiger partial charge in [0.2, 0.25) is 5.95 Å². The molecular weight excluding hydrogens is 492 g/mol. The van der Waals surface area contributed by atoms with E-state index in [0.29, 0.717) is 47.0 Å². The predicted molar refractivity (Wildman–Crippen MR) is 151 cm³/mol. The van der Waals surface area contributed by atoms with Gasteiger partial charge < -0.3 is 15.3 Å². The molecule has 3 aromatic heterocycles. The van der Waals surface area contributed by atoms with Crippen LogP contribution < -0.4 is 15.8 Å². The maximum absolute atomic E-state index is 13.3. The molecule has 2 bridgehead atoms. The molecule has 0 radical (unpaired) electrons. The first kappa shape index (κ1) is 24.1. The molecule has 5 heterocycles. The van der Waals surface area contributed by atoms with Gasteiger partial charge in [-0.25, -0.2) is 19.3 Å². The number of pyridine rings is 1. The molecule has 1 aliphatic carbocycles. The lowest BCUT2D eigenvalue weighted by Crippen LogP contribution is -2.44. The number of aromatic nitrogens is 5. The summed E-state index contributed by atoms with van der Waals surface area (Å²) < 4.78 is 3.24. The maximum atomic E-state index is 13.3. The van der Waals surface area contributed by atoms with Gasteiger partial charge in [-0.15, -0.1) is 6.58 Å². The van der Waals surface area contributed by atoms with Crippen LogP contribution in [0.15, 0.2) is 60.0 Å². The van der Waals surface area contributed by atoms with Crippen molar-refractivity contribution in [2.24, 2.45) is 0 Å². The average Bonchev–Trinajstić information content (AvgIpc) is 3.66. The number of aryl methyl sites for hydroxylation is 1. The minimum absolute atomic E-state index is 0.222. The molecule has 3 aliphatic rings. The summed E-state index contributed by atoms with van der Waals surface area (Å²) in [5.74, 6) is 0.902. The molecule has 1 aromatic carbocycles. The molecule has 2 fully saturated rings. The number of anilines is 3. The third-order valence-corrected chi connectivity index (χ3v) is 8.52. The van der Waals surface area contributed by atoms with Gasteiger partial charge >= 0.3 is 0 Å². The summed E-state index contributed by atoms with van der Waals surface area (Å²) in [5.41, 5.74) is 2.98. The lowest BCUT2D eigenvalue weighted by molar-refractivity contribution is 0.0553. The van der Waals surface area contributed by atoms with E-state index in [1.54, 1.807) is 28.6 Å². The van der Waals surface area contributed by atoms with E-state index < -0.39 is 5.60 Å². The number of aliphatic hydroxyl groups is 1. The molecular formula is C29H32N8O2. The minimum atomic E-state index is -1.00. The number of piperazine rings is 1. The summed E-state index contributed by atoms with van der Waals surface area (Å²) in [6.45, 7) is 8.06. The van der Waals surface area contributed by atoms with E-state index in [9.17, 15) is 9.90 Å². The fourth-order valence-electron chi connectivity index (χ4n) is 6.42. The fraction of sp³-hybridized carbons (Fsp3) is 0.379. The van der Waals surface area contributed by atoms with Gasteiger partial charge in [-0.3, -0.25) is 9.69 Å². The zero-order chi connectivity index (χ0) is 26.9. The Kier molecular flexibility index (Phi) is 5.40. The number of nitrogens with one attached hydrogen (secondary N) is 1. The molecule has 39 heavy (non-hydrogen) atoms. The Balaban J connectivity index is 1.23. The molecule has 7 rings (SSSR count). The molecule has 3 atom stereocenters. The van der Waals surface area contributed by atoms with E-state index in [0.717, 1.165) is 30.8 Å². The lowest BCUT2D eigenvalue weighted by Gasteiger charge is -2.33. The molecule has 2 N–H and O–H groups in total. The van der Waals surface area contributed by atoms with Crippen molar-refractivity contribution in [2.45, 2.75) is 50.4 Å². The summed E-state index contributed by atoms with van der Waals surface area (Å²) in [6.07, 6.45) is 5.84. The number of fused-ring (bicyclic) bond motifs is 4. The van der Waals surface area contributed by atoms with Gasteiger partial charge in [-0.05, 0) is 69.1 Å². The highest BCUT2D eigenvalue weighted by Gasteiger charge is 2.41. The van der Waals surface area contributed by atoms with Crippen LogP contribution in [-0.4, -0.2) is 66.5 Å². The smallest absolute Gasteiger partial charge is 0.278 e. The summed E-state index contributed by atoms with van der Waals surface area (Å²) >= 11 is 0. The van der Waals surface area contributed by atoms with Gasteiger partial charge in [0.05, 0.1) is 12.2 Å². The lowest BCUT2D eigenvalue weighted by atomic mass is 10.0. The number of nitrogens with zero attached hydrogens (tertiary/aromatic N) is 7. The third kappa shape index (κ3) is 3.85. The molecule has 0 unspecified atom stereocenters. The van der Waals surface area contributed by atoms with E-state index in [4.69, 9.17) is 9.97 Å². The van der Waals surface area contributed by atoms with Crippen LogP contribution in [-0.2, 0) is 18.6 Å². The largest absolute Gasteiger partial charge is 0.384 e. The molecule has 0 saturated carbocycles. The van der Waals surface area contributed by atoms with Crippen LogP contribution in [0.2, 0.25) is 0 Å². The van der Waals surface area contributed by atoms with Crippen molar-refractivity contribution < 1.29 is 5.11 Å². The number of benzene rings is 1. The highest BCUT2D eigenvalue weighted by atomic mass is 16.3. The van der Waals surface area contributed by atoms with Crippen LogP contribution in [0.3, 0.4) is 0 Å². The topological polar surface area (TPSA) is 104 Å². The highest BCUT2D eigenvalue weighted by Crippen LogP contribution is 2.36. The van der Waals surface area contributed by atoms with Gasteiger partial charge in [-0.1, -0.05) is 12.1 Å². The third-order valence-electron chi connectivity index (χ3n) is 8.52. The Hall–Kier alpha value is -4.02. The number of rotatable bonds is 6. The minimum Gasteiger partial charge on any atom is -0.384 e. The van der Waals surface area contributed by atoms with Gasteiger partial charge in [0.15, 0.2) is 11.5 Å². The van der Waals surface area contributed by atoms with Gasteiger partial charge in [0.25, 0.3) is 5.56 Å². The fourth-order valence-corrected chi connectivity index (χ4v) is 6.42. The van der Waals surface area contributed by atoms with E-state index in [-0.39, 0.29) is 12.1 Å². The van der Waals surface area contributed by atoms with Crippen LogP contribution in [0.4, 0.5) is 17.3 Å². The van der Waals surface area contributed by atoms with Crippen molar-refractivity contribution in [2.75, 3.05) is 30.4 Å². The summed E-state index contributed by atoms with van der Waals surface area (Å²) in [7, 11) is 2.21. The van der Waals surface area contributed by atoms with E-state index in [1.165, 1.54) is 12.1 Å². The number of likely N-dealkylation sites (N-methyl/N-ethyl adjacent to an activating group) is 1. The van der Waals surface area contributed by atoms with Crippen LogP contribution >= 0.6 is 0 Å². The second-order valence-corrected chi connectivity index (χ2v) is 11.2. The molecule has 2 aliphatic heterocycles. The van der Waals surface area contributed by atoms with Crippen molar-refractivity contribution in [1.29, 1.82) is 0 Å². The Morgan fingerprint density at radius 1 is 1.15 bits per heavy atom. The van der Waals surface area contributed by atoms with E-state index >= 15 is 0 Å². The number of hydrogen-bond acceptors (Lipinski definition) is 8. The monoisotopic (exact) mass is 524 g/mol. The average molecular weight is 525 g/mol. The first-order valence-corrected chi connectivity index (χ1v) is 13.5. The summed E-state index contributed by atoms with van der Waals surface area (Å²) in [6, 6.07) is 13.4. The van der Waals surface area contributed by atoms with E-state index in [1.807, 2.05) is 24.3 Å². The summed E-state index contributed by atoms with van der Waals surface area (Å²) in [4.78, 5) is 32.2. The Morgan fingerprint density at radius 2 is 1.97 bits per heavy atom. The van der Waals surface area contributed by atoms with Crippen molar-refractivity contribution in [3.8, 4) is 5.82 Å². The first-order chi connectivity index (χ1) is 18.8. The predicted octanol–water partition coefficient (Wildman–Crippen LogP) is 2.95. The summed E-state index contributed by atoms with van der Waals surface area (Å²) in [5, 5.41) is 14.5. The second kappa shape index (κ2) is 8.75. The Bertz CT molecular complexity index is 1650. The van der Waals surface area contributed by atoms with Crippen molar-refractivity contribution >= 4 is 28.4 Å². The quantitative estimate of drug-likeness (QED) is 0.371. The zero-order valence-electron chi connectivity index (χ0n) is 22.2. The normalized spacial score (nSPS) is 24.0. The van der Waals surface area contributed by atoms with Gasteiger partial charge in [0, 0.05) is 42.7 Å². The van der Waals surface area contributed by atoms with Crippen LogP contribution in [0.5, 0.6) is 0 Å². The van der Waals surface area contributed by atoms with Crippen molar-refractivity contribution in [1.82, 2.24) is 29.2 Å². The molecule has 0 amide bonds.